The fourth-order valence-corrected chi connectivity index (χ4v) is 2.78. The number of hydrogen-bond acceptors (Lipinski definition) is 2. The molecule has 0 bridgehead atoms. The molecule has 2 nitrogen and oxygen atoms in total. The Morgan fingerprint density at radius 1 is 1.37 bits per heavy atom. The zero-order valence-electron chi connectivity index (χ0n) is 11.5. The number of carbonyl (C=O) groups is 1. The number of hydrogen-bond donors (Lipinski definition) is 0. The van der Waals surface area contributed by atoms with Gasteiger partial charge in [0.05, 0.1) is 12.5 Å². The average molecular weight is 279 g/mol. The van der Waals surface area contributed by atoms with Crippen LogP contribution < -0.4 is 0 Å². The van der Waals surface area contributed by atoms with Crippen LogP contribution in [0.1, 0.15) is 26.3 Å². The highest BCUT2D eigenvalue weighted by molar-refractivity contribution is 6.48. The summed E-state index contributed by atoms with van der Waals surface area (Å²) in [7, 11) is 0. The van der Waals surface area contributed by atoms with E-state index in [1.807, 2.05) is 43.3 Å². The lowest BCUT2D eigenvalue weighted by molar-refractivity contribution is -0.145. The van der Waals surface area contributed by atoms with E-state index in [0.29, 0.717) is 11.6 Å². The SMILES string of the molecule is CCOC(=O)[C@H]1[C@H](/C=C(\Cl)c2ccccc2)C1(C)C. The third-order valence-corrected chi connectivity index (χ3v) is 4.17. The minimum Gasteiger partial charge on any atom is -0.466 e. The minimum atomic E-state index is -0.119. The number of benzene rings is 1. The van der Waals surface area contributed by atoms with Gasteiger partial charge in [-0.3, -0.25) is 4.79 Å². The van der Waals surface area contributed by atoms with Crippen molar-refractivity contribution < 1.29 is 9.53 Å². The largest absolute Gasteiger partial charge is 0.466 e. The number of halogens is 1. The number of rotatable bonds is 4. The first kappa shape index (κ1) is 14.1. The third-order valence-electron chi connectivity index (χ3n) is 3.83. The average Bonchev–Trinajstić information content (AvgIpc) is 2.92. The van der Waals surface area contributed by atoms with E-state index >= 15 is 0 Å². The standard InChI is InChI=1S/C16H19ClO2/c1-4-19-15(18)14-12(16(14,2)3)10-13(17)11-8-6-5-7-9-11/h5-10,12,14H,4H2,1-3H3/b13-10-/t12-,14+/m0/s1. The molecular weight excluding hydrogens is 260 g/mol. The number of ether oxygens (including phenoxy) is 1. The molecule has 0 amide bonds. The van der Waals surface area contributed by atoms with Crippen LogP contribution in [0.3, 0.4) is 0 Å². The van der Waals surface area contributed by atoms with Gasteiger partial charge in [0.1, 0.15) is 0 Å². The molecule has 19 heavy (non-hydrogen) atoms. The Balaban J connectivity index is 2.14. The van der Waals surface area contributed by atoms with Crippen LogP contribution in [-0.4, -0.2) is 12.6 Å². The molecule has 102 valence electrons. The molecule has 1 aromatic carbocycles. The summed E-state index contributed by atoms with van der Waals surface area (Å²) in [6.07, 6.45) is 1.98. The maximum Gasteiger partial charge on any atom is 0.310 e. The number of esters is 1. The van der Waals surface area contributed by atoms with Crippen molar-refractivity contribution in [1.29, 1.82) is 0 Å². The second-order valence-corrected chi connectivity index (χ2v) is 5.86. The Morgan fingerprint density at radius 2 is 2.00 bits per heavy atom. The molecule has 0 aliphatic heterocycles. The molecule has 3 heteroatoms. The summed E-state index contributed by atoms with van der Waals surface area (Å²) in [5.41, 5.74) is 0.913. The van der Waals surface area contributed by atoms with Gasteiger partial charge in [-0.2, -0.15) is 0 Å². The molecule has 1 fully saturated rings. The first-order chi connectivity index (χ1) is 8.98. The zero-order chi connectivity index (χ0) is 14.0. The molecule has 1 saturated carbocycles. The van der Waals surface area contributed by atoms with Crippen LogP contribution in [-0.2, 0) is 9.53 Å². The Hall–Kier alpha value is -1.28. The molecular formula is C16H19ClO2. The van der Waals surface area contributed by atoms with Crippen LogP contribution >= 0.6 is 11.6 Å². The van der Waals surface area contributed by atoms with Gasteiger partial charge in [0.25, 0.3) is 0 Å². The van der Waals surface area contributed by atoms with Gasteiger partial charge in [0.2, 0.25) is 0 Å². The second-order valence-electron chi connectivity index (χ2n) is 5.46. The van der Waals surface area contributed by atoms with Crippen LogP contribution in [0.4, 0.5) is 0 Å². The van der Waals surface area contributed by atoms with Gasteiger partial charge >= 0.3 is 5.97 Å². The second kappa shape index (κ2) is 5.38. The highest BCUT2D eigenvalue weighted by Gasteiger charge is 2.61. The maximum absolute atomic E-state index is 11.9. The molecule has 0 saturated heterocycles. The first-order valence-corrected chi connectivity index (χ1v) is 6.95. The summed E-state index contributed by atoms with van der Waals surface area (Å²) < 4.78 is 5.11. The molecule has 1 aliphatic carbocycles. The van der Waals surface area contributed by atoms with Crippen LogP contribution in [0.5, 0.6) is 0 Å². The van der Waals surface area contributed by atoms with Gasteiger partial charge in [-0.25, -0.2) is 0 Å². The molecule has 1 aromatic rings. The van der Waals surface area contributed by atoms with E-state index in [-0.39, 0.29) is 23.2 Å². The fourth-order valence-electron chi connectivity index (χ4n) is 2.52. The molecule has 2 rings (SSSR count). The Bertz CT molecular complexity index is 491. The van der Waals surface area contributed by atoms with Gasteiger partial charge in [-0.15, -0.1) is 0 Å². The Labute approximate surface area is 119 Å². The normalized spacial score (nSPS) is 24.9. The van der Waals surface area contributed by atoms with Crippen molar-refractivity contribution in [2.75, 3.05) is 6.61 Å². The maximum atomic E-state index is 11.9. The van der Waals surface area contributed by atoms with Crippen LogP contribution in [0.2, 0.25) is 0 Å². The van der Waals surface area contributed by atoms with Crippen LogP contribution in [0.25, 0.3) is 5.03 Å². The third kappa shape index (κ3) is 2.84. The van der Waals surface area contributed by atoms with Gasteiger partial charge in [-0.1, -0.05) is 61.9 Å². The van der Waals surface area contributed by atoms with Crippen molar-refractivity contribution in [3.63, 3.8) is 0 Å². The van der Waals surface area contributed by atoms with Gasteiger partial charge < -0.3 is 4.74 Å². The fraction of sp³-hybridized carbons (Fsp3) is 0.438. The van der Waals surface area contributed by atoms with Crippen LogP contribution in [0, 0.1) is 17.3 Å². The van der Waals surface area contributed by atoms with Crippen molar-refractivity contribution in [3.8, 4) is 0 Å². The summed E-state index contributed by atoms with van der Waals surface area (Å²) in [5, 5.41) is 0.700. The smallest absolute Gasteiger partial charge is 0.310 e. The molecule has 0 spiro atoms. The topological polar surface area (TPSA) is 26.3 Å². The monoisotopic (exact) mass is 278 g/mol. The number of allylic oxidation sites excluding steroid dienone is 1. The van der Waals surface area contributed by atoms with E-state index in [2.05, 4.69) is 13.8 Å². The first-order valence-electron chi connectivity index (χ1n) is 6.58. The molecule has 0 unspecified atom stereocenters. The highest BCUT2D eigenvalue weighted by Crippen LogP contribution is 2.60. The molecule has 0 aromatic heterocycles. The Kier molecular flexibility index (Phi) is 4.00. The molecule has 0 N–H and O–H groups in total. The van der Waals surface area contributed by atoms with E-state index in [0.717, 1.165) is 5.56 Å². The minimum absolute atomic E-state index is 0.0683. The quantitative estimate of drug-likeness (QED) is 0.775. The van der Waals surface area contributed by atoms with E-state index in [9.17, 15) is 4.79 Å². The van der Waals surface area contributed by atoms with Gasteiger partial charge in [0.15, 0.2) is 0 Å². The van der Waals surface area contributed by atoms with Crippen molar-refractivity contribution in [3.05, 3.63) is 42.0 Å². The summed E-state index contributed by atoms with van der Waals surface area (Å²) in [6.45, 7) is 6.40. The lowest BCUT2D eigenvalue weighted by Crippen LogP contribution is -2.10. The van der Waals surface area contributed by atoms with E-state index < -0.39 is 0 Å². The van der Waals surface area contributed by atoms with Crippen molar-refractivity contribution in [1.82, 2.24) is 0 Å². The molecule has 2 atom stereocenters. The molecule has 0 radical (unpaired) electrons. The van der Waals surface area contributed by atoms with E-state index in [1.165, 1.54) is 0 Å². The van der Waals surface area contributed by atoms with E-state index in [1.54, 1.807) is 0 Å². The van der Waals surface area contributed by atoms with Crippen molar-refractivity contribution >= 4 is 22.6 Å². The predicted molar refractivity (Wildman–Crippen MR) is 77.7 cm³/mol. The molecule has 1 aliphatic rings. The van der Waals surface area contributed by atoms with Crippen molar-refractivity contribution in [2.24, 2.45) is 17.3 Å². The lowest BCUT2D eigenvalue weighted by atomic mass is 10.1. The summed E-state index contributed by atoms with van der Waals surface area (Å²) in [5.74, 6) is -0.0459. The van der Waals surface area contributed by atoms with E-state index in [4.69, 9.17) is 16.3 Å². The predicted octanol–water partition coefficient (Wildman–Crippen LogP) is 4.10. The highest BCUT2D eigenvalue weighted by atomic mass is 35.5. The number of carbonyl (C=O) groups excluding carboxylic acids is 1. The molecule has 0 heterocycles. The van der Waals surface area contributed by atoms with Crippen LogP contribution in [0.15, 0.2) is 36.4 Å². The van der Waals surface area contributed by atoms with Gasteiger partial charge in [-0.05, 0) is 23.8 Å². The summed E-state index contributed by atoms with van der Waals surface area (Å²) >= 11 is 6.32. The van der Waals surface area contributed by atoms with Crippen molar-refractivity contribution in [2.45, 2.75) is 20.8 Å². The summed E-state index contributed by atoms with van der Waals surface area (Å²) in [6, 6.07) is 9.79. The van der Waals surface area contributed by atoms with Gasteiger partial charge in [0, 0.05) is 5.03 Å². The zero-order valence-corrected chi connectivity index (χ0v) is 12.3. The Morgan fingerprint density at radius 3 is 2.58 bits per heavy atom. The lowest BCUT2D eigenvalue weighted by Gasteiger charge is -2.01. The summed E-state index contributed by atoms with van der Waals surface area (Å²) in [4.78, 5) is 11.9.